The third-order valence-electron chi connectivity index (χ3n) is 5.57. The van der Waals surface area contributed by atoms with Gasteiger partial charge in [0.2, 0.25) is 5.91 Å². The average molecular weight is 293 g/mol. The maximum atomic E-state index is 12.7. The minimum atomic E-state index is -0.207. The van der Waals surface area contributed by atoms with Crippen LogP contribution in [0.2, 0.25) is 0 Å². The summed E-state index contributed by atoms with van der Waals surface area (Å²) in [5, 5.41) is 10.9. The van der Waals surface area contributed by atoms with E-state index in [9.17, 15) is 10.1 Å². The third-order valence-corrected chi connectivity index (χ3v) is 5.57. The zero-order valence-corrected chi connectivity index (χ0v) is 12.8. The Bertz CT molecular complexity index is 800. The fraction of sp³-hybridized carbons (Fsp3) is 0.444. The first-order valence-electron chi connectivity index (χ1n) is 7.88. The number of H-pyrrole nitrogens is 1. The summed E-state index contributed by atoms with van der Waals surface area (Å²) in [5.41, 5.74) is 3.28. The molecular formula is C18H19N3O. The molecule has 1 aliphatic carbocycles. The number of carbonyl (C=O) groups excluding carboxylic acids is 1. The number of fused-ring (bicyclic) bond motifs is 4. The van der Waals surface area contributed by atoms with Crippen LogP contribution in [0.1, 0.15) is 36.4 Å². The predicted molar refractivity (Wildman–Crippen MR) is 84.3 cm³/mol. The van der Waals surface area contributed by atoms with Crippen LogP contribution in [0.4, 0.5) is 0 Å². The second kappa shape index (κ2) is 4.61. The van der Waals surface area contributed by atoms with E-state index in [0.29, 0.717) is 0 Å². The highest BCUT2D eigenvalue weighted by Crippen LogP contribution is 2.51. The van der Waals surface area contributed by atoms with Gasteiger partial charge in [-0.25, -0.2) is 0 Å². The lowest BCUT2D eigenvalue weighted by molar-refractivity contribution is -0.141. The number of rotatable bonds is 0. The maximum Gasteiger partial charge on any atom is 0.226 e. The maximum absolute atomic E-state index is 12.7. The van der Waals surface area contributed by atoms with E-state index in [2.05, 4.69) is 24.0 Å². The second-order valence-electron chi connectivity index (χ2n) is 6.63. The normalized spacial score (nSPS) is 30.8. The lowest BCUT2D eigenvalue weighted by Crippen LogP contribution is -2.49. The quantitative estimate of drug-likeness (QED) is 0.811. The number of piperidine rings is 1. The Kier molecular flexibility index (Phi) is 2.80. The van der Waals surface area contributed by atoms with Crippen molar-refractivity contribution in [2.24, 2.45) is 11.8 Å². The molecule has 1 amide bonds. The summed E-state index contributed by atoms with van der Waals surface area (Å²) >= 11 is 0. The molecule has 2 heterocycles. The number of nitrogens with zero attached hydrogens (tertiary/aromatic N) is 2. The Balaban J connectivity index is 1.96. The standard InChI is InChI=1S/C18H19N3O/c1-10-15-12-5-3-4-6-14(12)20-17(15)13(9-19)11-7-8-21(2)18(22)16(10)11/h3-6,10-11,13,16,20H,7-8H2,1-2H3/t10-,11-,13-,16+/m1/s1. The van der Waals surface area contributed by atoms with Crippen LogP contribution in [-0.2, 0) is 4.79 Å². The third kappa shape index (κ3) is 1.60. The highest BCUT2D eigenvalue weighted by molar-refractivity contribution is 5.89. The number of benzene rings is 1. The molecule has 1 aliphatic heterocycles. The number of likely N-dealkylation sites (tertiary alicyclic amines) is 1. The van der Waals surface area contributed by atoms with E-state index >= 15 is 0 Å². The topological polar surface area (TPSA) is 59.9 Å². The molecule has 1 aromatic carbocycles. The molecule has 0 radical (unpaired) electrons. The first-order chi connectivity index (χ1) is 10.6. The number of aromatic nitrogens is 1. The van der Waals surface area contributed by atoms with Crippen LogP contribution in [0.15, 0.2) is 24.3 Å². The van der Waals surface area contributed by atoms with Gasteiger partial charge in [-0.3, -0.25) is 4.79 Å². The minimum absolute atomic E-state index is 0.0740. The van der Waals surface area contributed by atoms with E-state index in [1.807, 2.05) is 30.1 Å². The summed E-state index contributed by atoms with van der Waals surface area (Å²) in [6, 6.07) is 10.6. The van der Waals surface area contributed by atoms with Crippen molar-refractivity contribution < 1.29 is 4.79 Å². The summed E-state index contributed by atoms with van der Waals surface area (Å²) in [5.74, 6) is 0.191. The molecule has 0 spiro atoms. The SMILES string of the molecule is C[C@@H]1c2c([nH]c3ccccc23)[C@H](C#N)[C@H]2CCN(C)C(=O)[C@H]21. The zero-order chi connectivity index (χ0) is 15.4. The minimum Gasteiger partial charge on any atom is -0.357 e. The summed E-state index contributed by atoms with van der Waals surface area (Å²) < 4.78 is 0. The lowest BCUT2D eigenvalue weighted by atomic mass is 9.63. The van der Waals surface area contributed by atoms with Crippen molar-refractivity contribution in [3.8, 4) is 6.07 Å². The summed E-state index contributed by atoms with van der Waals surface area (Å²) in [7, 11) is 1.87. The number of aromatic amines is 1. The molecule has 0 unspecified atom stereocenters. The monoisotopic (exact) mass is 293 g/mol. The van der Waals surface area contributed by atoms with E-state index in [1.54, 1.807) is 0 Å². The van der Waals surface area contributed by atoms with Crippen molar-refractivity contribution in [2.75, 3.05) is 13.6 Å². The Hall–Kier alpha value is -2.28. The molecule has 4 heteroatoms. The molecule has 0 saturated carbocycles. The fourth-order valence-electron chi connectivity index (χ4n) is 4.50. The number of hydrogen-bond acceptors (Lipinski definition) is 2. The Labute approximate surface area is 129 Å². The van der Waals surface area contributed by atoms with Crippen LogP contribution in [-0.4, -0.2) is 29.4 Å². The van der Waals surface area contributed by atoms with Gasteiger partial charge in [-0.2, -0.15) is 5.26 Å². The van der Waals surface area contributed by atoms with E-state index in [0.717, 1.165) is 29.6 Å². The number of hydrogen-bond donors (Lipinski definition) is 1. The van der Waals surface area contributed by atoms with Gasteiger partial charge >= 0.3 is 0 Å². The largest absolute Gasteiger partial charge is 0.357 e. The number of nitriles is 1. The van der Waals surface area contributed by atoms with E-state index in [1.165, 1.54) is 5.56 Å². The molecule has 1 saturated heterocycles. The predicted octanol–water partition coefficient (Wildman–Crippen LogP) is 2.99. The molecule has 2 aliphatic rings. The van der Waals surface area contributed by atoms with Crippen molar-refractivity contribution in [1.29, 1.82) is 5.26 Å². The molecule has 22 heavy (non-hydrogen) atoms. The first kappa shape index (κ1) is 13.4. The van der Waals surface area contributed by atoms with Crippen molar-refractivity contribution >= 4 is 16.8 Å². The fourth-order valence-corrected chi connectivity index (χ4v) is 4.50. The van der Waals surface area contributed by atoms with Gasteiger partial charge in [-0.15, -0.1) is 0 Å². The van der Waals surface area contributed by atoms with Gasteiger partial charge in [0.05, 0.1) is 12.0 Å². The molecule has 0 bridgehead atoms. The van der Waals surface area contributed by atoms with Crippen LogP contribution in [0.3, 0.4) is 0 Å². The summed E-state index contributed by atoms with van der Waals surface area (Å²) in [6.07, 6.45) is 0.907. The average Bonchev–Trinajstić information content (AvgIpc) is 2.90. The highest BCUT2D eigenvalue weighted by Gasteiger charge is 2.49. The van der Waals surface area contributed by atoms with Gasteiger partial charge in [0.15, 0.2) is 0 Å². The van der Waals surface area contributed by atoms with Crippen LogP contribution < -0.4 is 0 Å². The first-order valence-corrected chi connectivity index (χ1v) is 7.88. The number of carbonyl (C=O) groups is 1. The van der Waals surface area contributed by atoms with E-state index < -0.39 is 0 Å². The van der Waals surface area contributed by atoms with Gasteiger partial charge < -0.3 is 9.88 Å². The van der Waals surface area contributed by atoms with Gasteiger partial charge in [0.25, 0.3) is 0 Å². The molecule has 4 nitrogen and oxygen atoms in total. The molecule has 4 rings (SSSR count). The van der Waals surface area contributed by atoms with Gasteiger partial charge in [-0.05, 0) is 29.9 Å². The highest BCUT2D eigenvalue weighted by atomic mass is 16.2. The molecule has 4 atom stereocenters. The molecule has 1 aromatic heterocycles. The lowest BCUT2D eigenvalue weighted by Gasteiger charge is -2.44. The van der Waals surface area contributed by atoms with E-state index in [-0.39, 0.29) is 29.6 Å². The number of nitrogens with one attached hydrogen (secondary N) is 1. The molecule has 1 N–H and O–H groups in total. The van der Waals surface area contributed by atoms with Crippen LogP contribution >= 0.6 is 0 Å². The van der Waals surface area contributed by atoms with Crippen LogP contribution in [0.5, 0.6) is 0 Å². The van der Waals surface area contributed by atoms with Crippen molar-refractivity contribution in [1.82, 2.24) is 9.88 Å². The van der Waals surface area contributed by atoms with Crippen molar-refractivity contribution in [2.45, 2.75) is 25.2 Å². The van der Waals surface area contributed by atoms with Crippen molar-refractivity contribution in [3.63, 3.8) is 0 Å². The molecular weight excluding hydrogens is 274 g/mol. The summed E-state index contributed by atoms with van der Waals surface area (Å²) in [6.45, 7) is 2.89. The Morgan fingerprint density at radius 3 is 2.91 bits per heavy atom. The second-order valence-corrected chi connectivity index (χ2v) is 6.63. The Morgan fingerprint density at radius 2 is 2.14 bits per heavy atom. The smallest absolute Gasteiger partial charge is 0.226 e. The van der Waals surface area contributed by atoms with Gasteiger partial charge in [0, 0.05) is 36.1 Å². The van der Waals surface area contributed by atoms with E-state index in [4.69, 9.17) is 0 Å². The molecule has 1 fully saturated rings. The number of amides is 1. The summed E-state index contributed by atoms with van der Waals surface area (Å²) in [4.78, 5) is 18.0. The van der Waals surface area contributed by atoms with Crippen LogP contribution in [0.25, 0.3) is 10.9 Å². The van der Waals surface area contributed by atoms with Crippen molar-refractivity contribution in [3.05, 3.63) is 35.5 Å². The zero-order valence-electron chi connectivity index (χ0n) is 12.8. The molecule has 112 valence electrons. The Morgan fingerprint density at radius 1 is 1.36 bits per heavy atom. The number of para-hydroxylation sites is 1. The van der Waals surface area contributed by atoms with Gasteiger partial charge in [-0.1, -0.05) is 25.1 Å². The van der Waals surface area contributed by atoms with Crippen LogP contribution in [0, 0.1) is 23.2 Å². The van der Waals surface area contributed by atoms with Gasteiger partial charge in [0.1, 0.15) is 0 Å². The molecule has 2 aromatic rings.